The molecule has 0 radical (unpaired) electrons. The standard InChI is InChI=1S/C13H7Cl2FN2S/c14-7-2-1-3-8(4-7)18-12-5-9(15)10(16)6-11(12)17-13(18)19/h1-6H,(H,17,19). The quantitative estimate of drug-likeness (QED) is 0.617. The molecule has 0 atom stereocenters. The van der Waals surface area contributed by atoms with E-state index in [4.69, 9.17) is 35.4 Å². The van der Waals surface area contributed by atoms with E-state index in [1.807, 2.05) is 12.1 Å². The summed E-state index contributed by atoms with van der Waals surface area (Å²) in [6.07, 6.45) is 0. The molecular formula is C13H7Cl2FN2S. The average molecular weight is 313 g/mol. The first-order valence-corrected chi connectivity index (χ1v) is 6.58. The summed E-state index contributed by atoms with van der Waals surface area (Å²) in [5.41, 5.74) is 2.09. The number of halogens is 3. The largest absolute Gasteiger partial charge is 0.330 e. The fraction of sp³-hybridized carbons (Fsp3) is 0. The van der Waals surface area contributed by atoms with Crippen LogP contribution >= 0.6 is 35.4 Å². The number of H-pyrrole nitrogens is 1. The normalized spacial score (nSPS) is 11.1. The summed E-state index contributed by atoms with van der Waals surface area (Å²) in [6, 6.07) is 10.1. The van der Waals surface area contributed by atoms with Gasteiger partial charge in [-0.05, 0) is 36.5 Å². The highest BCUT2D eigenvalue weighted by Crippen LogP contribution is 2.26. The minimum Gasteiger partial charge on any atom is -0.330 e. The summed E-state index contributed by atoms with van der Waals surface area (Å²) in [7, 11) is 0. The number of rotatable bonds is 1. The third-order valence-corrected chi connectivity index (χ3v) is 3.60. The summed E-state index contributed by atoms with van der Waals surface area (Å²) in [4.78, 5) is 2.95. The molecule has 0 unspecified atom stereocenters. The van der Waals surface area contributed by atoms with Crippen LogP contribution in [0.4, 0.5) is 4.39 Å². The summed E-state index contributed by atoms with van der Waals surface area (Å²) >= 11 is 17.1. The molecule has 0 bridgehead atoms. The van der Waals surface area contributed by atoms with Gasteiger partial charge in [0.15, 0.2) is 4.77 Å². The Labute approximate surface area is 123 Å². The van der Waals surface area contributed by atoms with Crippen molar-refractivity contribution in [2.45, 2.75) is 0 Å². The molecule has 0 fully saturated rings. The van der Waals surface area contributed by atoms with Crippen molar-refractivity contribution in [3.8, 4) is 5.69 Å². The van der Waals surface area contributed by atoms with Gasteiger partial charge in [0, 0.05) is 16.8 Å². The second-order valence-electron chi connectivity index (χ2n) is 4.03. The fourth-order valence-corrected chi connectivity index (χ4v) is 2.63. The van der Waals surface area contributed by atoms with Gasteiger partial charge < -0.3 is 4.98 Å². The van der Waals surface area contributed by atoms with Crippen LogP contribution in [0.25, 0.3) is 16.7 Å². The fourth-order valence-electron chi connectivity index (χ4n) is 1.97. The van der Waals surface area contributed by atoms with Crippen molar-refractivity contribution in [3.05, 3.63) is 57.0 Å². The molecule has 1 aromatic heterocycles. The van der Waals surface area contributed by atoms with E-state index in [1.54, 1.807) is 22.8 Å². The molecule has 0 spiro atoms. The van der Waals surface area contributed by atoms with Crippen molar-refractivity contribution in [2.75, 3.05) is 0 Å². The van der Waals surface area contributed by atoms with Gasteiger partial charge in [0.2, 0.25) is 0 Å². The zero-order chi connectivity index (χ0) is 13.6. The molecule has 1 N–H and O–H groups in total. The van der Waals surface area contributed by atoms with Gasteiger partial charge in [-0.2, -0.15) is 0 Å². The van der Waals surface area contributed by atoms with Crippen LogP contribution in [0.5, 0.6) is 0 Å². The third kappa shape index (κ3) is 2.16. The van der Waals surface area contributed by atoms with E-state index < -0.39 is 5.82 Å². The monoisotopic (exact) mass is 312 g/mol. The number of hydrogen-bond acceptors (Lipinski definition) is 1. The third-order valence-electron chi connectivity index (χ3n) is 2.79. The molecular weight excluding hydrogens is 306 g/mol. The molecule has 0 saturated carbocycles. The predicted molar refractivity (Wildman–Crippen MR) is 78.4 cm³/mol. The Morgan fingerprint density at radius 3 is 2.68 bits per heavy atom. The van der Waals surface area contributed by atoms with Crippen LogP contribution in [0.3, 0.4) is 0 Å². The molecule has 2 nitrogen and oxygen atoms in total. The average Bonchev–Trinajstić information content (AvgIpc) is 2.65. The molecule has 0 aliphatic rings. The first kappa shape index (κ1) is 12.7. The molecule has 19 heavy (non-hydrogen) atoms. The summed E-state index contributed by atoms with van der Waals surface area (Å²) in [6.45, 7) is 0. The lowest BCUT2D eigenvalue weighted by Gasteiger charge is -2.05. The van der Waals surface area contributed by atoms with Crippen molar-refractivity contribution in [2.24, 2.45) is 0 Å². The number of aromatic nitrogens is 2. The Hall–Kier alpha value is -1.36. The molecule has 0 aliphatic heterocycles. The first-order valence-electron chi connectivity index (χ1n) is 5.42. The summed E-state index contributed by atoms with van der Waals surface area (Å²) < 4.78 is 15.7. The molecule has 3 rings (SSSR count). The molecule has 2 aromatic carbocycles. The Kier molecular flexibility index (Phi) is 3.09. The van der Waals surface area contributed by atoms with Gasteiger partial charge in [0.25, 0.3) is 0 Å². The zero-order valence-electron chi connectivity index (χ0n) is 9.45. The maximum Gasteiger partial charge on any atom is 0.182 e. The number of nitrogens with one attached hydrogen (secondary N) is 1. The minimum absolute atomic E-state index is 0.0530. The van der Waals surface area contributed by atoms with Gasteiger partial charge in [0.1, 0.15) is 5.82 Å². The zero-order valence-corrected chi connectivity index (χ0v) is 11.8. The number of nitrogens with zero attached hydrogens (tertiary/aromatic N) is 1. The SMILES string of the molecule is Fc1cc2[nH]c(=S)n(-c3cccc(Cl)c3)c2cc1Cl. The van der Waals surface area contributed by atoms with E-state index in [1.165, 1.54) is 6.07 Å². The molecule has 0 aliphatic carbocycles. The second kappa shape index (κ2) is 4.63. The van der Waals surface area contributed by atoms with E-state index in [-0.39, 0.29) is 5.02 Å². The number of imidazole rings is 1. The predicted octanol–water partition coefficient (Wildman–Crippen LogP) is 5.13. The number of aromatic amines is 1. The van der Waals surface area contributed by atoms with Crippen LogP contribution in [-0.4, -0.2) is 9.55 Å². The van der Waals surface area contributed by atoms with E-state index in [2.05, 4.69) is 4.98 Å². The summed E-state index contributed by atoms with van der Waals surface area (Å²) in [5.74, 6) is -0.483. The molecule has 96 valence electrons. The Balaban J connectivity index is 2.38. The summed E-state index contributed by atoms with van der Waals surface area (Å²) in [5, 5.41) is 0.652. The van der Waals surface area contributed by atoms with Gasteiger partial charge >= 0.3 is 0 Å². The van der Waals surface area contributed by atoms with E-state index in [0.717, 1.165) is 5.69 Å². The van der Waals surface area contributed by atoms with Gasteiger partial charge in [-0.3, -0.25) is 4.57 Å². The van der Waals surface area contributed by atoms with Crippen molar-refractivity contribution >= 4 is 46.5 Å². The van der Waals surface area contributed by atoms with Crippen LogP contribution in [0.1, 0.15) is 0 Å². The maximum atomic E-state index is 13.4. The van der Waals surface area contributed by atoms with Crippen molar-refractivity contribution in [1.82, 2.24) is 9.55 Å². The van der Waals surface area contributed by atoms with E-state index >= 15 is 0 Å². The second-order valence-corrected chi connectivity index (χ2v) is 5.26. The Morgan fingerprint density at radius 2 is 1.95 bits per heavy atom. The lowest BCUT2D eigenvalue weighted by Crippen LogP contribution is -1.93. The highest BCUT2D eigenvalue weighted by molar-refractivity contribution is 7.71. The topological polar surface area (TPSA) is 20.7 Å². The van der Waals surface area contributed by atoms with Gasteiger partial charge in [-0.1, -0.05) is 29.3 Å². The van der Waals surface area contributed by atoms with Crippen LogP contribution in [0.15, 0.2) is 36.4 Å². The van der Waals surface area contributed by atoms with Crippen LogP contribution < -0.4 is 0 Å². The molecule has 6 heteroatoms. The lowest BCUT2D eigenvalue weighted by molar-refractivity contribution is 0.630. The first-order chi connectivity index (χ1) is 9.06. The Morgan fingerprint density at radius 1 is 1.16 bits per heavy atom. The van der Waals surface area contributed by atoms with Crippen LogP contribution in [-0.2, 0) is 0 Å². The highest BCUT2D eigenvalue weighted by atomic mass is 35.5. The smallest absolute Gasteiger partial charge is 0.182 e. The van der Waals surface area contributed by atoms with E-state index in [0.29, 0.717) is 20.8 Å². The number of benzene rings is 2. The molecule has 3 aromatic rings. The van der Waals surface area contributed by atoms with Crippen LogP contribution in [0.2, 0.25) is 10.0 Å². The number of hydrogen-bond donors (Lipinski definition) is 1. The van der Waals surface area contributed by atoms with Gasteiger partial charge in [0.05, 0.1) is 16.1 Å². The van der Waals surface area contributed by atoms with Crippen molar-refractivity contribution in [1.29, 1.82) is 0 Å². The minimum atomic E-state index is -0.483. The molecule has 0 amide bonds. The molecule has 1 heterocycles. The number of fused-ring (bicyclic) bond motifs is 1. The van der Waals surface area contributed by atoms with Gasteiger partial charge in [-0.25, -0.2) is 4.39 Å². The van der Waals surface area contributed by atoms with Crippen LogP contribution in [0, 0.1) is 10.6 Å². The van der Waals surface area contributed by atoms with Crippen molar-refractivity contribution < 1.29 is 4.39 Å². The van der Waals surface area contributed by atoms with Gasteiger partial charge in [-0.15, -0.1) is 0 Å². The maximum absolute atomic E-state index is 13.4. The van der Waals surface area contributed by atoms with Crippen molar-refractivity contribution in [3.63, 3.8) is 0 Å². The highest BCUT2D eigenvalue weighted by Gasteiger charge is 2.10. The van der Waals surface area contributed by atoms with E-state index in [9.17, 15) is 4.39 Å². The molecule has 0 saturated heterocycles. The Bertz CT molecular complexity index is 838. The lowest BCUT2D eigenvalue weighted by atomic mass is 10.2.